The zero-order valence-corrected chi connectivity index (χ0v) is 12.5. The standard InChI is InChI=1S/C15H8F4N2O2S/c16-11-4-1-7(5-10(11)15(17,18)19)20-14(23)13-9-3-2-8(22)6-12(9)24-21-13/h1-6,22H,(H,20,23). The molecule has 0 aliphatic heterocycles. The molecule has 2 aromatic carbocycles. The van der Waals surface area contributed by atoms with Crippen LogP contribution in [-0.2, 0) is 6.18 Å². The first kappa shape index (κ1) is 16.2. The fourth-order valence-corrected chi connectivity index (χ4v) is 2.91. The van der Waals surface area contributed by atoms with Crippen LogP contribution in [0.1, 0.15) is 16.1 Å². The summed E-state index contributed by atoms with van der Waals surface area (Å²) in [6.45, 7) is 0. The largest absolute Gasteiger partial charge is 0.508 e. The van der Waals surface area contributed by atoms with E-state index < -0.39 is 23.5 Å². The second-order valence-electron chi connectivity index (χ2n) is 4.86. The molecule has 0 aliphatic carbocycles. The number of alkyl halides is 3. The minimum Gasteiger partial charge on any atom is -0.508 e. The van der Waals surface area contributed by atoms with Gasteiger partial charge in [-0.25, -0.2) is 4.39 Å². The molecule has 0 bridgehead atoms. The molecule has 0 spiro atoms. The summed E-state index contributed by atoms with van der Waals surface area (Å²) >= 11 is 0.966. The van der Waals surface area contributed by atoms with Crippen molar-refractivity contribution in [3.8, 4) is 5.75 Å². The number of nitrogens with zero attached hydrogens (tertiary/aromatic N) is 1. The number of anilines is 1. The summed E-state index contributed by atoms with van der Waals surface area (Å²) in [5, 5.41) is 12.1. The maximum Gasteiger partial charge on any atom is 0.419 e. The van der Waals surface area contributed by atoms with Crippen LogP contribution in [0.2, 0.25) is 0 Å². The molecule has 0 fully saturated rings. The fourth-order valence-electron chi connectivity index (χ4n) is 2.10. The summed E-state index contributed by atoms with van der Waals surface area (Å²) in [7, 11) is 0. The van der Waals surface area contributed by atoms with E-state index in [1.54, 1.807) is 0 Å². The van der Waals surface area contributed by atoms with Gasteiger partial charge in [0.05, 0.1) is 10.3 Å². The normalized spacial score (nSPS) is 11.7. The quantitative estimate of drug-likeness (QED) is 0.669. The van der Waals surface area contributed by atoms with E-state index in [1.807, 2.05) is 0 Å². The van der Waals surface area contributed by atoms with Crippen molar-refractivity contribution in [2.45, 2.75) is 6.18 Å². The molecule has 0 radical (unpaired) electrons. The fraction of sp³-hybridized carbons (Fsp3) is 0.0667. The van der Waals surface area contributed by atoms with Crippen molar-refractivity contribution < 1.29 is 27.5 Å². The van der Waals surface area contributed by atoms with Crippen LogP contribution < -0.4 is 5.32 Å². The van der Waals surface area contributed by atoms with Crippen LogP contribution in [-0.4, -0.2) is 15.4 Å². The van der Waals surface area contributed by atoms with Gasteiger partial charge in [-0.3, -0.25) is 4.79 Å². The van der Waals surface area contributed by atoms with Gasteiger partial charge in [0.2, 0.25) is 0 Å². The Labute approximate surface area is 136 Å². The Bertz CT molecular complexity index is 937. The Morgan fingerprint density at radius 3 is 2.62 bits per heavy atom. The molecule has 1 heterocycles. The molecule has 0 aliphatic rings. The van der Waals surface area contributed by atoms with Gasteiger partial charge in [-0.2, -0.15) is 17.5 Å². The number of hydrogen-bond donors (Lipinski definition) is 2. The number of carbonyl (C=O) groups excluding carboxylic acids is 1. The lowest BCUT2D eigenvalue weighted by Gasteiger charge is -2.10. The highest BCUT2D eigenvalue weighted by Crippen LogP contribution is 2.33. The summed E-state index contributed by atoms with van der Waals surface area (Å²) in [4.78, 5) is 12.2. The van der Waals surface area contributed by atoms with Crippen molar-refractivity contribution in [3.05, 3.63) is 53.5 Å². The zero-order chi connectivity index (χ0) is 17.5. The number of phenols is 1. The minimum atomic E-state index is -4.87. The molecule has 1 amide bonds. The number of amides is 1. The van der Waals surface area contributed by atoms with Crippen molar-refractivity contribution in [2.24, 2.45) is 0 Å². The average molecular weight is 356 g/mol. The van der Waals surface area contributed by atoms with Crippen molar-refractivity contribution in [1.29, 1.82) is 0 Å². The molecule has 0 atom stereocenters. The highest BCUT2D eigenvalue weighted by molar-refractivity contribution is 7.13. The van der Waals surface area contributed by atoms with E-state index in [1.165, 1.54) is 18.2 Å². The average Bonchev–Trinajstić information content (AvgIpc) is 2.91. The Kier molecular flexibility index (Phi) is 3.88. The van der Waals surface area contributed by atoms with E-state index in [0.29, 0.717) is 22.2 Å². The monoisotopic (exact) mass is 356 g/mol. The van der Waals surface area contributed by atoms with Gasteiger partial charge in [-0.1, -0.05) is 0 Å². The summed E-state index contributed by atoms with van der Waals surface area (Å²) in [6.07, 6.45) is -4.87. The molecule has 0 saturated heterocycles. The maximum atomic E-state index is 13.3. The minimum absolute atomic E-state index is 0.00598. The number of aromatic nitrogens is 1. The van der Waals surface area contributed by atoms with E-state index in [9.17, 15) is 27.5 Å². The molecule has 2 N–H and O–H groups in total. The molecule has 9 heteroatoms. The molecular formula is C15H8F4N2O2S. The molecule has 3 rings (SSSR count). The van der Waals surface area contributed by atoms with Crippen molar-refractivity contribution in [2.75, 3.05) is 5.32 Å². The number of aromatic hydroxyl groups is 1. The number of phenolic OH excluding ortho intramolecular Hbond substituents is 1. The van der Waals surface area contributed by atoms with Crippen LogP contribution in [0.15, 0.2) is 36.4 Å². The summed E-state index contributed by atoms with van der Waals surface area (Å²) in [5.74, 6) is -2.15. The number of nitrogens with one attached hydrogen (secondary N) is 1. The van der Waals surface area contributed by atoms with E-state index >= 15 is 0 Å². The second kappa shape index (κ2) is 5.75. The number of halogens is 4. The molecule has 0 unspecified atom stereocenters. The van der Waals surface area contributed by atoms with Gasteiger partial charge in [0, 0.05) is 11.1 Å². The first-order valence-corrected chi connectivity index (χ1v) is 7.29. The summed E-state index contributed by atoms with van der Waals surface area (Å²) < 4.78 is 55.8. The molecular weight excluding hydrogens is 348 g/mol. The molecule has 124 valence electrons. The van der Waals surface area contributed by atoms with Gasteiger partial charge in [0.15, 0.2) is 0 Å². The van der Waals surface area contributed by atoms with Gasteiger partial charge < -0.3 is 10.4 Å². The summed E-state index contributed by atoms with van der Waals surface area (Å²) in [5.41, 5.74) is -1.66. The first-order chi connectivity index (χ1) is 11.3. The lowest BCUT2D eigenvalue weighted by Crippen LogP contribution is -2.14. The topological polar surface area (TPSA) is 62.2 Å². The first-order valence-electron chi connectivity index (χ1n) is 6.52. The van der Waals surface area contributed by atoms with E-state index in [0.717, 1.165) is 17.6 Å². The predicted octanol–water partition coefficient (Wildman–Crippen LogP) is 4.41. The van der Waals surface area contributed by atoms with Crippen LogP contribution in [0, 0.1) is 5.82 Å². The Balaban J connectivity index is 1.92. The number of rotatable bonds is 2. The molecule has 4 nitrogen and oxygen atoms in total. The van der Waals surface area contributed by atoms with Crippen LogP contribution in [0.5, 0.6) is 5.75 Å². The predicted molar refractivity (Wildman–Crippen MR) is 80.6 cm³/mol. The highest BCUT2D eigenvalue weighted by atomic mass is 32.1. The zero-order valence-electron chi connectivity index (χ0n) is 11.7. The van der Waals surface area contributed by atoms with Crippen molar-refractivity contribution in [1.82, 2.24) is 4.37 Å². The molecule has 3 aromatic rings. The Hall–Kier alpha value is -2.68. The third-order valence-electron chi connectivity index (χ3n) is 3.20. The Morgan fingerprint density at radius 1 is 1.17 bits per heavy atom. The van der Waals surface area contributed by atoms with Gasteiger partial charge in [0.25, 0.3) is 5.91 Å². The van der Waals surface area contributed by atoms with Crippen molar-refractivity contribution in [3.63, 3.8) is 0 Å². The molecule has 1 aromatic heterocycles. The number of hydrogen-bond acceptors (Lipinski definition) is 4. The number of benzene rings is 2. The lowest BCUT2D eigenvalue weighted by atomic mass is 10.1. The third kappa shape index (κ3) is 3.02. The van der Waals surface area contributed by atoms with Gasteiger partial charge in [-0.15, -0.1) is 0 Å². The SMILES string of the molecule is O=C(Nc1ccc(F)c(C(F)(F)F)c1)c1nsc2cc(O)ccc12. The summed E-state index contributed by atoms with van der Waals surface area (Å²) in [6, 6.07) is 6.46. The van der Waals surface area contributed by atoms with Crippen molar-refractivity contribution >= 4 is 33.2 Å². The lowest BCUT2D eigenvalue weighted by molar-refractivity contribution is -0.139. The van der Waals surface area contributed by atoms with Crippen LogP contribution in [0.3, 0.4) is 0 Å². The third-order valence-corrected chi connectivity index (χ3v) is 4.01. The van der Waals surface area contributed by atoms with Gasteiger partial charge in [-0.05, 0) is 47.9 Å². The van der Waals surface area contributed by atoms with E-state index in [2.05, 4.69) is 9.69 Å². The van der Waals surface area contributed by atoms with E-state index in [4.69, 9.17) is 0 Å². The van der Waals surface area contributed by atoms with Crippen LogP contribution >= 0.6 is 11.5 Å². The Morgan fingerprint density at radius 2 is 1.92 bits per heavy atom. The smallest absolute Gasteiger partial charge is 0.419 e. The highest BCUT2D eigenvalue weighted by Gasteiger charge is 2.34. The van der Waals surface area contributed by atoms with Gasteiger partial charge >= 0.3 is 6.18 Å². The second-order valence-corrected chi connectivity index (χ2v) is 5.66. The molecule has 24 heavy (non-hydrogen) atoms. The van der Waals surface area contributed by atoms with Crippen LogP contribution in [0.25, 0.3) is 10.1 Å². The number of fused-ring (bicyclic) bond motifs is 1. The maximum absolute atomic E-state index is 13.3. The number of carbonyl (C=O) groups is 1. The molecule has 0 saturated carbocycles. The van der Waals surface area contributed by atoms with Crippen LogP contribution in [0.4, 0.5) is 23.2 Å². The van der Waals surface area contributed by atoms with Gasteiger partial charge in [0.1, 0.15) is 17.3 Å². The van der Waals surface area contributed by atoms with E-state index in [-0.39, 0.29) is 17.1 Å².